The van der Waals surface area contributed by atoms with Crippen LogP contribution in [0.25, 0.3) is 0 Å². The normalized spacial score (nSPS) is 47.5. The van der Waals surface area contributed by atoms with E-state index in [1.165, 1.54) is 6.42 Å². The maximum Gasteiger partial charge on any atom is 0.317 e. The summed E-state index contributed by atoms with van der Waals surface area (Å²) in [5.74, 6) is 0.352. The predicted molar refractivity (Wildman–Crippen MR) is 56.9 cm³/mol. The first-order valence-corrected chi connectivity index (χ1v) is 8.82. The van der Waals surface area contributed by atoms with Gasteiger partial charge in [0.1, 0.15) is 0 Å². The van der Waals surface area contributed by atoms with E-state index < -0.39 is 8.80 Å². The summed E-state index contributed by atoms with van der Waals surface area (Å²) in [6, 6.07) is 0. The Labute approximate surface area is 90.8 Å². The molecule has 5 atom stereocenters. The van der Waals surface area contributed by atoms with Crippen molar-refractivity contribution in [1.29, 1.82) is 0 Å². The zero-order valence-corrected chi connectivity index (χ0v) is 10.3. The van der Waals surface area contributed by atoms with Crippen molar-refractivity contribution in [3.8, 4) is 0 Å². The fourth-order valence-corrected chi connectivity index (χ4v) is 6.35. The van der Waals surface area contributed by atoms with Crippen LogP contribution >= 0.6 is 0 Å². The van der Waals surface area contributed by atoms with Crippen LogP contribution in [0.4, 0.5) is 0 Å². The molecule has 15 heavy (non-hydrogen) atoms. The number of cyclic esters (lactones) is 2. The van der Waals surface area contributed by atoms with Crippen LogP contribution in [0.5, 0.6) is 0 Å². The lowest BCUT2D eigenvalue weighted by atomic mass is 9.81. The Morgan fingerprint density at radius 2 is 1.80 bits per heavy atom. The Hall–Kier alpha value is -0.643. The highest BCUT2D eigenvalue weighted by Crippen LogP contribution is 2.61. The minimum absolute atomic E-state index is 0.0591. The molecule has 0 amide bonds. The van der Waals surface area contributed by atoms with Crippen LogP contribution in [0.2, 0.25) is 18.6 Å². The van der Waals surface area contributed by atoms with Gasteiger partial charge in [0.15, 0.2) is 0 Å². The van der Waals surface area contributed by atoms with Crippen molar-refractivity contribution >= 4 is 20.7 Å². The van der Waals surface area contributed by atoms with Gasteiger partial charge in [0.05, 0.1) is 11.8 Å². The third-order valence-electron chi connectivity index (χ3n) is 4.66. The molecule has 2 saturated carbocycles. The van der Waals surface area contributed by atoms with Crippen molar-refractivity contribution in [2.45, 2.75) is 31.5 Å². The topological polar surface area (TPSA) is 43.4 Å². The smallest absolute Gasteiger partial charge is 0.317 e. The molecule has 0 radical (unpaired) electrons. The van der Waals surface area contributed by atoms with Gasteiger partial charge in [-0.3, -0.25) is 9.59 Å². The van der Waals surface area contributed by atoms with Crippen LogP contribution in [0.15, 0.2) is 0 Å². The van der Waals surface area contributed by atoms with Crippen LogP contribution in [0.3, 0.4) is 0 Å². The highest BCUT2D eigenvalue weighted by atomic mass is 28.3. The molecule has 2 bridgehead atoms. The van der Waals surface area contributed by atoms with Crippen LogP contribution in [-0.4, -0.2) is 20.7 Å². The number of hydrogen-bond acceptors (Lipinski definition) is 3. The Balaban J connectivity index is 1.92. The Morgan fingerprint density at radius 3 is 2.47 bits per heavy atom. The first kappa shape index (κ1) is 9.57. The van der Waals surface area contributed by atoms with E-state index in [2.05, 4.69) is 13.1 Å². The van der Waals surface area contributed by atoms with E-state index >= 15 is 0 Å². The van der Waals surface area contributed by atoms with Gasteiger partial charge < -0.3 is 4.74 Å². The number of carbonyl (C=O) groups excluding carboxylic acids is 2. The van der Waals surface area contributed by atoms with Crippen molar-refractivity contribution in [3.63, 3.8) is 0 Å². The van der Waals surface area contributed by atoms with E-state index in [1.807, 2.05) is 0 Å². The molecule has 1 saturated heterocycles. The van der Waals surface area contributed by atoms with Gasteiger partial charge >= 0.3 is 11.9 Å². The minimum atomic E-state index is -0.687. The monoisotopic (exact) mass is 224 g/mol. The number of fused-ring (bicyclic) bond motifs is 5. The third-order valence-corrected chi connectivity index (χ3v) is 7.14. The summed E-state index contributed by atoms with van der Waals surface area (Å²) in [7, 11) is -0.687. The molecule has 0 spiro atoms. The van der Waals surface area contributed by atoms with Crippen molar-refractivity contribution in [1.82, 2.24) is 0 Å². The summed E-state index contributed by atoms with van der Waals surface area (Å²) in [5.41, 5.74) is 0.759. The summed E-state index contributed by atoms with van der Waals surface area (Å²) in [6.07, 6.45) is 2.28. The molecule has 3 rings (SSSR count). The summed E-state index contributed by atoms with van der Waals surface area (Å²) >= 11 is 0. The summed E-state index contributed by atoms with van der Waals surface area (Å²) in [4.78, 5) is 23.1. The third kappa shape index (κ3) is 1.11. The lowest BCUT2D eigenvalue weighted by Crippen LogP contribution is -2.32. The van der Waals surface area contributed by atoms with E-state index in [-0.39, 0.29) is 23.8 Å². The van der Waals surface area contributed by atoms with Gasteiger partial charge in [-0.2, -0.15) is 0 Å². The Kier molecular flexibility index (Phi) is 1.87. The number of carbonyl (C=O) groups is 2. The zero-order chi connectivity index (χ0) is 10.7. The molecule has 5 unspecified atom stereocenters. The number of hydrogen-bond donors (Lipinski definition) is 0. The van der Waals surface area contributed by atoms with Crippen LogP contribution in [0.1, 0.15) is 12.8 Å². The van der Waals surface area contributed by atoms with Gasteiger partial charge in [-0.15, -0.1) is 0 Å². The highest BCUT2D eigenvalue weighted by molar-refractivity contribution is 6.57. The number of esters is 2. The van der Waals surface area contributed by atoms with Gasteiger partial charge in [-0.25, -0.2) is 0 Å². The molecule has 0 aromatic rings. The summed E-state index contributed by atoms with van der Waals surface area (Å²) < 4.78 is 4.77. The molecule has 4 heteroatoms. The van der Waals surface area contributed by atoms with Crippen molar-refractivity contribution in [2.75, 3.05) is 0 Å². The van der Waals surface area contributed by atoms with Gasteiger partial charge in [-0.05, 0) is 30.2 Å². The van der Waals surface area contributed by atoms with E-state index in [0.29, 0.717) is 11.8 Å². The molecule has 0 aromatic carbocycles. The summed E-state index contributed by atoms with van der Waals surface area (Å²) in [6.45, 7) is 4.70. The number of rotatable bonds is 1. The van der Waals surface area contributed by atoms with Crippen molar-refractivity contribution in [2.24, 2.45) is 23.7 Å². The second kappa shape index (κ2) is 2.94. The Bertz CT molecular complexity index is 339. The molecule has 1 aliphatic heterocycles. The molecular formula is C11H16O3Si. The average molecular weight is 224 g/mol. The van der Waals surface area contributed by atoms with Crippen molar-refractivity contribution < 1.29 is 14.3 Å². The molecule has 82 valence electrons. The minimum Gasteiger partial charge on any atom is -0.393 e. The number of ether oxygens (including phenoxy) is 1. The van der Waals surface area contributed by atoms with Crippen LogP contribution in [-0.2, 0) is 14.3 Å². The second-order valence-electron chi connectivity index (χ2n) is 5.59. The first-order chi connectivity index (χ1) is 7.09. The fourth-order valence-electron chi connectivity index (χ4n) is 4.07. The zero-order valence-electron chi connectivity index (χ0n) is 9.10. The second-order valence-corrected chi connectivity index (χ2v) is 8.94. The van der Waals surface area contributed by atoms with E-state index in [1.54, 1.807) is 0 Å². The van der Waals surface area contributed by atoms with Crippen LogP contribution in [0, 0.1) is 23.7 Å². The molecule has 1 heterocycles. The molecule has 0 aromatic heterocycles. The lowest BCUT2D eigenvalue weighted by molar-refractivity contribution is -0.154. The van der Waals surface area contributed by atoms with Crippen molar-refractivity contribution in [3.05, 3.63) is 0 Å². The highest BCUT2D eigenvalue weighted by Gasteiger charge is 2.63. The molecule has 3 nitrogen and oxygen atoms in total. The molecule has 3 aliphatic rings. The standard InChI is InChI=1S/C11H16O3Si/c1-15(2)7-4-5-3-6(7)9-8(5)10(12)14-11(9)13/h5-9,15H,3-4H2,1-2H3. The SMILES string of the molecule is C[SiH](C)C1CC2CC1C1C(=O)OC(=O)C21. The molecular weight excluding hydrogens is 208 g/mol. The van der Waals surface area contributed by atoms with Gasteiger partial charge in [0.2, 0.25) is 0 Å². The first-order valence-electron chi connectivity index (χ1n) is 5.85. The quantitative estimate of drug-likeness (QED) is 0.382. The van der Waals surface area contributed by atoms with Gasteiger partial charge in [0, 0.05) is 8.80 Å². The molecule has 0 N–H and O–H groups in total. The average Bonchev–Trinajstić information content (AvgIpc) is 2.77. The van der Waals surface area contributed by atoms with Gasteiger partial charge in [0.25, 0.3) is 0 Å². The maximum absolute atomic E-state index is 11.6. The molecule has 2 aliphatic carbocycles. The summed E-state index contributed by atoms with van der Waals surface area (Å²) in [5, 5.41) is 0. The Morgan fingerprint density at radius 1 is 1.13 bits per heavy atom. The fraction of sp³-hybridized carbons (Fsp3) is 0.818. The van der Waals surface area contributed by atoms with Crippen LogP contribution < -0.4 is 0 Å². The van der Waals surface area contributed by atoms with E-state index in [0.717, 1.165) is 12.0 Å². The maximum atomic E-state index is 11.6. The largest absolute Gasteiger partial charge is 0.393 e. The van der Waals surface area contributed by atoms with E-state index in [9.17, 15) is 9.59 Å². The molecule has 3 fully saturated rings. The van der Waals surface area contributed by atoms with Gasteiger partial charge in [-0.1, -0.05) is 13.1 Å². The lowest BCUT2D eigenvalue weighted by Gasteiger charge is -2.29. The predicted octanol–water partition coefficient (Wildman–Crippen LogP) is 1.20. The van der Waals surface area contributed by atoms with E-state index in [4.69, 9.17) is 4.74 Å².